The van der Waals surface area contributed by atoms with Gasteiger partial charge in [0.05, 0.1) is 0 Å². The third-order valence-electron chi connectivity index (χ3n) is 4.83. The Morgan fingerprint density at radius 3 is 2.35 bits per heavy atom. The number of carbonyl (C=O) groups excluding carboxylic acids is 1. The lowest BCUT2D eigenvalue weighted by Gasteiger charge is -2.53. The van der Waals surface area contributed by atoms with Gasteiger partial charge >= 0.3 is 23.9 Å². The predicted octanol–water partition coefficient (Wildman–Crippen LogP) is 3.31. The number of halogens is 5. The van der Waals surface area contributed by atoms with Gasteiger partial charge in [-0.3, -0.25) is 0 Å². The molecule has 150 valence electrons. The SMILES string of the molecule is C=CC(=O)OCC1(C)OC(C2CCCCC2)OC(O)(C(F)(F)F)C1(F)F. The Balaban J connectivity index is 2.39. The van der Waals surface area contributed by atoms with Crippen LogP contribution in [0, 0.1) is 5.92 Å². The van der Waals surface area contributed by atoms with Crippen LogP contribution in [0.2, 0.25) is 0 Å². The molecule has 26 heavy (non-hydrogen) atoms. The maximum Gasteiger partial charge on any atom is 0.449 e. The molecule has 1 saturated heterocycles. The third kappa shape index (κ3) is 3.46. The predicted molar refractivity (Wildman–Crippen MR) is 78.0 cm³/mol. The molecule has 3 atom stereocenters. The largest absolute Gasteiger partial charge is 0.459 e. The molecule has 10 heteroatoms. The summed E-state index contributed by atoms with van der Waals surface area (Å²) in [6, 6.07) is 0. The molecule has 0 aromatic carbocycles. The van der Waals surface area contributed by atoms with E-state index in [1.807, 2.05) is 0 Å². The topological polar surface area (TPSA) is 65.0 Å². The fraction of sp³-hybridized carbons (Fsp3) is 0.812. The van der Waals surface area contributed by atoms with Crippen molar-refractivity contribution in [2.24, 2.45) is 5.92 Å². The van der Waals surface area contributed by atoms with Crippen LogP contribution in [0.25, 0.3) is 0 Å². The van der Waals surface area contributed by atoms with E-state index in [0.29, 0.717) is 38.7 Å². The summed E-state index contributed by atoms with van der Waals surface area (Å²) in [5, 5.41) is 9.86. The molecule has 1 N–H and O–H groups in total. The number of hydrogen-bond donors (Lipinski definition) is 1. The van der Waals surface area contributed by atoms with Crippen LogP contribution in [-0.2, 0) is 19.0 Å². The highest BCUT2D eigenvalue weighted by Gasteiger charge is 2.81. The first-order valence-corrected chi connectivity index (χ1v) is 8.20. The number of carbonyl (C=O) groups is 1. The molecule has 2 aliphatic rings. The van der Waals surface area contributed by atoms with Crippen molar-refractivity contribution in [2.45, 2.75) is 68.8 Å². The summed E-state index contributed by atoms with van der Waals surface area (Å²) in [5.74, 6) is -11.4. The van der Waals surface area contributed by atoms with Crippen LogP contribution in [0.3, 0.4) is 0 Å². The Morgan fingerprint density at radius 2 is 1.85 bits per heavy atom. The zero-order valence-electron chi connectivity index (χ0n) is 14.2. The quantitative estimate of drug-likeness (QED) is 0.455. The summed E-state index contributed by atoms with van der Waals surface area (Å²) in [6.07, 6.45) is -3.80. The van der Waals surface area contributed by atoms with Gasteiger partial charge in [0.15, 0.2) is 11.9 Å². The molecule has 0 radical (unpaired) electrons. The highest BCUT2D eigenvalue weighted by atomic mass is 19.4. The zero-order chi connectivity index (χ0) is 19.8. The second-order valence-corrected chi connectivity index (χ2v) is 6.76. The average molecular weight is 388 g/mol. The fourth-order valence-corrected chi connectivity index (χ4v) is 3.19. The number of aliphatic hydroxyl groups is 1. The Labute approximate surface area is 147 Å². The van der Waals surface area contributed by atoms with Crippen molar-refractivity contribution in [1.82, 2.24) is 0 Å². The average Bonchev–Trinajstić information content (AvgIpc) is 2.57. The molecular formula is C16H21F5O5. The first-order valence-electron chi connectivity index (χ1n) is 8.20. The molecular weight excluding hydrogens is 367 g/mol. The maximum atomic E-state index is 14.7. The second kappa shape index (κ2) is 7.05. The molecule has 5 nitrogen and oxygen atoms in total. The fourth-order valence-electron chi connectivity index (χ4n) is 3.19. The van der Waals surface area contributed by atoms with E-state index in [0.717, 1.165) is 6.42 Å². The van der Waals surface area contributed by atoms with Gasteiger partial charge in [-0.15, -0.1) is 0 Å². The van der Waals surface area contributed by atoms with Crippen molar-refractivity contribution in [2.75, 3.05) is 6.61 Å². The number of ether oxygens (including phenoxy) is 3. The minimum absolute atomic E-state index is 0.409. The smallest absolute Gasteiger partial charge is 0.449 e. The van der Waals surface area contributed by atoms with Gasteiger partial charge in [-0.05, 0) is 19.8 Å². The van der Waals surface area contributed by atoms with Crippen molar-refractivity contribution in [3.63, 3.8) is 0 Å². The summed E-state index contributed by atoms with van der Waals surface area (Å²) < 4.78 is 83.4. The van der Waals surface area contributed by atoms with E-state index in [1.165, 1.54) is 0 Å². The molecule has 2 fully saturated rings. The molecule has 0 amide bonds. The van der Waals surface area contributed by atoms with Crippen LogP contribution < -0.4 is 0 Å². The van der Waals surface area contributed by atoms with Gasteiger partial charge in [0, 0.05) is 12.0 Å². The molecule has 0 bridgehead atoms. The summed E-state index contributed by atoms with van der Waals surface area (Å²) in [4.78, 5) is 11.2. The standard InChI is InChI=1S/C16H21F5O5/c1-3-11(22)24-9-13(2)14(17,18)15(23,16(19,20)21)26-12(25-13)10-7-5-4-6-8-10/h3,10,12,23H,1,4-9H2,2H3. The number of rotatable bonds is 4. The van der Waals surface area contributed by atoms with Crippen LogP contribution in [0.15, 0.2) is 12.7 Å². The summed E-state index contributed by atoms with van der Waals surface area (Å²) in [7, 11) is 0. The summed E-state index contributed by atoms with van der Waals surface area (Å²) >= 11 is 0. The van der Waals surface area contributed by atoms with Crippen LogP contribution >= 0.6 is 0 Å². The highest BCUT2D eigenvalue weighted by molar-refractivity contribution is 5.81. The minimum atomic E-state index is -5.79. The van der Waals surface area contributed by atoms with E-state index in [2.05, 4.69) is 16.1 Å². The second-order valence-electron chi connectivity index (χ2n) is 6.76. The molecule has 3 unspecified atom stereocenters. The Morgan fingerprint density at radius 1 is 1.27 bits per heavy atom. The van der Waals surface area contributed by atoms with Gasteiger partial charge < -0.3 is 19.3 Å². The van der Waals surface area contributed by atoms with Crippen molar-refractivity contribution >= 4 is 5.97 Å². The lowest BCUT2D eigenvalue weighted by Crippen LogP contribution is -2.76. The van der Waals surface area contributed by atoms with Gasteiger partial charge in [-0.25, -0.2) is 4.79 Å². The molecule has 0 aromatic heterocycles. The Kier molecular flexibility index (Phi) is 5.70. The molecule has 1 heterocycles. The minimum Gasteiger partial charge on any atom is -0.459 e. The zero-order valence-corrected chi connectivity index (χ0v) is 14.2. The lowest BCUT2D eigenvalue weighted by molar-refractivity contribution is -0.526. The van der Waals surface area contributed by atoms with Crippen LogP contribution in [0.1, 0.15) is 39.0 Å². The molecule has 1 aliphatic heterocycles. The summed E-state index contributed by atoms with van der Waals surface area (Å²) in [6.45, 7) is 2.52. The van der Waals surface area contributed by atoms with Crippen LogP contribution in [-0.4, -0.2) is 47.5 Å². The van der Waals surface area contributed by atoms with E-state index in [1.54, 1.807) is 0 Å². The molecule has 0 spiro atoms. The number of esters is 1. The Hall–Kier alpha value is -1.26. The van der Waals surface area contributed by atoms with E-state index in [9.17, 15) is 31.9 Å². The normalized spacial score (nSPS) is 35.7. The molecule has 0 aromatic rings. The third-order valence-corrected chi connectivity index (χ3v) is 4.83. The van der Waals surface area contributed by atoms with Gasteiger partial charge in [-0.1, -0.05) is 25.8 Å². The summed E-state index contributed by atoms with van der Waals surface area (Å²) in [5.41, 5.74) is -2.95. The van der Waals surface area contributed by atoms with Crippen LogP contribution in [0.5, 0.6) is 0 Å². The van der Waals surface area contributed by atoms with Crippen molar-refractivity contribution in [1.29, 1.82) is 0 Å². The molecule has 1 saturated carbocycles. The van der Waals surface area contributed by atoms with Crippen molar-refractivity contribution in [3.8, 4) is 0 Å². The first-order chi connectivity index (χ1) is 11.9. The van der Waals surface area contributed by atoms with Gasteiger partial charge in [0.1, 0.15) is 6.61 Å². The van der Waals surface area contributed by atoms with E-state index >= 15 is 0 Å². The number of hydrogen-bond acceptors (Lipinski definition) is 5. The first kappa shape index (κ1) is 21.0. The van der Waals surface area contributed by atoms with Gasteiger partial charge in [0.25, 0.3) is 0 Å². The van der Waals surface area contributed by atoms with Gasteiger partial charge in [-0.2, -0.15) is 22.0 Å². The monoisotopic (exact) mass is 388 g/mol. The Bertz CT molecular complexity index is 546. The lowest BCUT2D eigenvalue weighted by atomic mass is 9.85. The number of alkyl halides is 5. The van der Waals surface area contributed by atoms with Crippen molar-refractivity contribution < 1.29 is 46.1 Å². The highest BCUT2D eigenvalue weighted by Crippen LogP contribution is 2.55. The van der Waals surface area contributed by atoms with Crippen molar-refractivity contribution in [3.05, 3.63) is 12.7 Å². The van der Waals surface area contributed by atoms with E-state index in [4.69, 9.17) is 4.74 Å². The molecule has 1 aliphatic carbocycles. The van der Waals surface area contributed by atoms with Crippen LogP contribution in [0.4, 0.5) is 22.0 Å². The maximum absolute atomic E-state index is 14.7. The van der Waals surface area contributed by atoms with E-state index < -0.39 is 48.3 Å². The van der Waals surface area contributed by atoms with Gasteiger partial charge in [0.2, 0.25) is 0 Å². The molecule has 2 rings (SSSR count). The van der Waals surface area contributed by atoms with E-state index in [-0.39, 0.29) is 0 Å².